The largest absolute Gasteiger partial charge is 0.385 e. The molecule has 0 saturated carbocycles. The van der Waals surface area contributed by atoms with Crippen LogP contribution in [-0.2, 0) is 0 Å². The van der Waals surface area contributed by atoms with Gasteiger partial charge in [0.05, 0.1) is 5.82 Å². The highest BCUT2D eigenvalue weighted by Gasteiger charge is 1.93. The van der Waals surface area contributed by atoms with Crippen molar-refractivity contribution in [1.29, 1.82) is 0 Å². The van der Waals surface area contributed by atoms with Gasteiger partial charge in [0.2, 0.25) is 0 Å². The van der Waals surface area contributed by atoms with Crippen LogP contribution in [0.25, 0.3) is 0 Å². The maximum Gasteiger partial charge on any atom is 0.0992 e. The second-order valence-corrected chi connectivity index (χ2v) is 2.03. The zero-order valence-electron chi connectivity index (χ0n) is 6.78. The van der Waals surface area contributed by atoms with Gasteiger partial charge in [-0.2, -0.15) is 0 Å². The van der Waals surface area contributed by atoms with Crippen LogP contribution in [-0.4, -0.2) is 6.54 Å². The van der Waals surface area contributed by atoms with Crippen LogP contribution in [0.15, 0.2) is 24.0 Å². The van der Waals surface area contributed by atoms with E-state index in [4.69, 9.17) is 5.73 Å². The number of rotatable bonds is 4. The summed E-state index contributed by atoms with van der Waals surface area (Å²) in [5.41, 5.74) is 6.73. The zero-order chi connectivity index (χ0) is 7.98. The van der Waals surface area contributed by atoms with Gasteiger partial charge in [-0.3, -0.25) is 0 Å². The van der Waals surface area contributed by atoms with Gasteiger partial charge in [0.1, 0.15) is 0 Å². The topological polar surface area (TPSA) is 38.0 Å². The van der Waals surface area contributed by atoms with Gasteiger partial charge in [-0.15, -0.1) is 0 Å². The molecule has 0 aromatic heterocycles. The van der Waals surface area contributed by atoms with Crippen molar-refractivity contribution in [3.8, 4) is 0 Å². The smallest absolute Gasteiger partial charge is 0.0992 e. The Morgan fingerprint density at radius 3 is 2.50 bits per heavy atom. The van der Waals surface area contributed by atoms with E-state index < -0.39 is 0 Å². The van der Waals surface area contributed by atoms with E-state index in [2.05, 4.69) is 18.8 Å². The molecule has 0 fully saturated rings. The van der Waals surface area contributed by atoms with Gasteiger partial charge in [-0.25, -0.2) is 0 Å². The first-order valence-electron chi connectivity index (χ1n) is 3.61. The lowest BCUT2D eigenvalue weighted by atomic mass is 10.2. The predicted octanol–water partition coefficient (Wildman–Crippen LogP) is 1.36. The van der Waals surface area contributed by atoms with Crippen molar-refractivity contribution in [1.82, 2.24) is 5.32 Å². The van der Waals surface area contributed by atoms with Gasteiger partial charge in [0, 0.05) is 6.54 Å². The summed E-state index contributed by atoms with van der Waals surface area (Å²) in [6.07, 6.45) is 2.72. The van der Waals surface area contributed by atoms with Crippen LogP contribution in [0.3, 0.4) is 0 Å². The average Bonchev–Trinajstić information content (AvgIpc) is 1.91. The van der Waals surface area contributed by atoms with E-state index in [0.29, 0.717) is 0 Å². The van der Waals surface area contributed by atoms with Crippen LogP contribution < -0.4 is 11.1 Å². The Morgan fingerprint density at radius 1 is 1.60 bits per heavy atom. The standard InChI is InChI=1S/C8H16N2/c1-4-7(5-2)8(9)10-6-3/h4,10H,1,5-6,9H2,2-3H3/b8-7-. The molecule has 0 atom stereocenters. The van der Waals surface area contributed by atoms with Gasteiger partial charge in [-0.1, -0.05) is 19.6 Å². The molecule has 0 amide bonds. The Hall–Kier alpha value is -0.920. The molecule has 0 aliphatic rings. The minimum absolute atomic E-state index is 0.750. The van der Waals surface area contributed by atoms with E-state index in [-0.39, 0.29) is 0 Å². The Morgan fingerprint density at radius 2 is 2.20 bits per heavy atom. The molecule has 0 aliphatic heterocycles. The average molecular weight is 140 g/mol. The Bertz CT molecular complexity index is 136. The molecule has 0 unspecified atom stereocenters. The lowest BCUT2D eigenvalue weighted by Crippen LogP contribution is -2.21. The summed E-state index contributed by atoms with van der Waals surface area (Å²) in [6, 6.07) is 0. The fourth-order valence-corrected chi connectivity index (χ4v) is 0.749. The van der Waals surface area contributed by atoms with Crippen LogP contribution in [0.4, 0.5) is 0 Å². The number of nitrogens with one attached hydrogen (secondary N) is 1. The molecular weight excluding hydrogens is 124 g/mol. The van der Waals surface area contributed by atoms with Crippen molar-refractivity contribution in [2.75, 3.05) is 6.54 Å². The zero-order valence-corrected chi connectivity index (χ0v) is 6.78. The van der Waals surface area contributed by atoms with E-state index >= 15 is 0 Å². The van der Waals surface area contributed by atoms with E-state index in [1.165, 1.54) is 0 Å². The highest BCUT2D eigenvalue weighted by atomic mass is 15.0. The SMILES string of the molecule is C=C/C(CC)=C(\N)NCC. The highest BCUT2D eigenvalue weighted by molar-refractivity contribution is 5.20. The first-order chi connectivity index (χ1) is 4.76. The summed E-state index contributed by atoms with van der Waals surface area (Å²) in [5.74, 6) is 0.750. The normalized spacial score (nSPS) is 12.2. The summed E-state index contributed by atoms with van der Waals surface area (Å²) in [4.78, 5) is 0. The van der Waals surface area contributed by atoms with Gasteiger partial charge in [0.25, 0.3) is 0 Å². The maximum absolute atomic E-state index is 5.65. The second kappa shape index (κ2) is 4.91. The molecule has 10 heavy (non-hydrogen) atoms. The molecule has 0 heterocycles. The Balaban J connectivity index is 4.12. The van der Waals surface area contributed by atoms with Crippen LogP contribution in [0.5, 0.6) is 0 Å². The molecule has 2 nitrogen and oxygen atoms in total. The van der Waals surface area contributed by atoms with E-state index in [1.807, 2.05) is 6.92 Å². The molecule has 0 spiro atoms. The maximum atomic E-state index is 5.65. The van der Waals surface area contributed by atoms with E-state index in [0.717, 1.165) is 24.4 Å². The quantitative estimate of drug-likeness (QED) is 0.579. The number of hydrogen-bond acceptors (Lipinski definition) is 2. The first kappa shape index (κ1) is 9.08. The molecular formula is C8H16N2. The Kier molecular flexibility index (Phi) is 4.46. The molecule has 0 radical (unpaired) electrons. The molecule has 58 valence electrons. The van der Waals surface area contributed by atoms with Gasteiger partial charge < -0.3 is 11.1 Å². The number of hydrogen-bond donors (Lipinski definition) is 2. The van der Waals surface area contributed by atoms with Gasteiger partial charge in [0.15, 0.2) is 0 Å². The third kappa shape index (κ3) is 2.58. The molecule has 0 aromatic carbocycles. The third-order valence-electron chi connectivity index (χ3n) is 1.34. The van der Waals surface area contributed by atoms with Crippen molar-refractivity contribution < 1.29 is 0 Å². The minimum atomic E-state index is 0.750. The summed E-state index contributed by atoms with van der Waals surface area (Å²) >= 11 is 0. The van der Waals surface area contributed by atoms with Crippen LogP contribution in [0, 0.1) is 0 Å². The van der Waals surface area contributed by atoms with Crippen LogP contribution in [0.2, 0.25) is 0 Å². The summed E-state index contributed by atoms with van der Waals surface area (Å²) in [5, 5.41) is 3.03. The third-order valence-corrected chi connectivity index (χ3v) is 1.34. The van der Waals surface area contributed by atoms with Crippen molar-refractivity contribution >= 4 is 0 Å². The fourth-order valence-electron chi connectivity index (χ4n) is 0.749. The van der Waals surface area contributed by atoms with E-state index in [1.54, 1.807) is 6.08 Å². The molecule has 3 N–H and O–H groups in total. The Labute approximate surface area is 62.8 Å². The minimum Gasteiger partial charge on any atom is -0.385 e. The summed E-state index contributed by atoms with van der Waals surface area (Å²) in [7, 11) is 0. The van der Waals surface area contributed by atoms with Crippen molar-refractivity contribution in [2.24, 2.45) is 5.73 Å². The monoisotopic (exact) mass is 140 g/mol. The summed E-state index contributed by atoms with van der Waals surface area (Å²) in [6.45, 7) is 8.60. The highest BCUT2D eigenvalue weighted by Crippen LogP contribution is 2.01. The van der Waals surface area contributed by atoms with Crippen molar-refractivity contribution in [2.45, 2.75) is 20.3 Å². The van der Waals surface area contributed by atoms with Gasteiger partial charge >= 0.3 is 0 Å². The molecule has 0 aliphatic carbocycles. The number of allylic oxidation sites excluding steroid dienone is 2. The molecule has 0 rings (SSSR count). The summed E-state index contributed by atoms with van der Waals surface area (Å²) < 4.78 is 0. The lowest BCUT2D eigenvalue weighted by Gasteiger charge is -2.06. The molecule has 0 aromatic rings. The van der Waals surface area contributed by atoms with Crippen molar-refractivity contribution in [3.63, 3.8) is 0 Å². The van der Waals surface area contributed by atoms with Crippen molar-refractivity contribution in [3.05, 3.63) is 24.0 Å². The molecule has 0 bridgehead atoms. The second-order valence-electron chi connectivity index (χ2n) is 2.03. The fraction of sp³-hybridized carbons (Fsp3) is 0.500. The lowest BCUT2D eigenvalue weighted by molar-refractivity contribution is 0.819. The number of nitrogens with two attached hydrogens (primary N) is 1. The van der Waals surface area contributed by atoms with E-state index in [9.17, 15) is 0 Å². The van der Waals surface area contributed by atoms with Crippen LogP contribution in [0.1, 0.15) is 20.3 Å². The molecule has 2 heteroatoms. The first-order valence-corrected chi connectivity index (χ1v) is 3.61. The predicted molar refractivity (Wildman–Crippen MR) is 45.4 cm³/mol. The van der Waals surface area contributed by atoms with Crippen LogP contribution >= 0.6 is 0 Å². The van der Waals surface area contributed by atoms with Gasteiger partial charge in [-0.05, 0) is 18.9 Å². The molecule has 0 saturated heterocycles.